The van der Waals surface area contributed by atoms with Crippen LogP contribution in [0.25, 0.3) is 0 Å². The summed E-state index contributed by atoms with van der Waals surface area (Å²) < 4.78 is 25.3. The number of rotatable bonds is 4. The van der Waals surface area contributed by atoms with Gasteiger partial charge in [0.1, 0.15) is 0 Å². The molecule has 0 unspecified atom stereocenters. The van der Waals surface area contributed by atoms with Gasteiger partial charge < -0.3 is 5.11 Å². The molecule has 0 aliphatic heterocycles. The van der Waals surface area contributed by atoms with Gasteiger partial charge in [0, 0.05) is 19.0 Å². The van der Waals surface area contributed by atoms with Gasteiger partial charge in [0.15, 0.2) is 0 Å². The van der Waals surface area contributed by atoms with Crippen LogP contribution in [0.5, 0.6) is 0 Å². The molecule has 0 radical (unpaired) electrons. The monoisotopic (exact) mass is 257 g/mol. The number of hydrogen-bond acceptors (Lipinski definition) is 3. The molecule has 4 nitrogen and oxygen atoms in total. The summed E-state index contributed by atoms with van der Waals surface area (Å²) in [6.45, 7) is 3.91. The molecule has 0 bridgehead atoms. The minimum atomic E-state index is -3.50. The fraction of sp³-hybridized carbons (Fsp3) is 0.500. The van der Waals surface area contributed by atoms with Crippen LogP contribution in [0.15, 0.2) is 35.3 Å². The van der Waals surface area contributed by atoms with E-state index in [2.05, 4.69) is 0 Å². The van der Waals surface area contributed by atoms with Crippen LogP contribution in [0.2, 0.25) is 0 Å². The Morgan fingerprint density at radius 3 is 2.59 bits per heavy atom. The largest absolute Gasteiger partial charge is 0.395 e. The second kappa shape index (κ2) is 5.16. The average molecular weight is 257 g/mol. The molecule has 0 fully saturated rings. The molecule has 0 aromatic heterocycles. The van der Waals surface area contributed by atoms with E-state index in [1.165, 1.54) is 7.05 Å². The molecule has 0 amide bonds. The number of hydrogen-bond donors (Lipinski definition) is 1. The van der Waals surface area contributed by atoms with E-state index in [1.54, 1.807) is 18.2 Å². The van der Waals surface area contributed by atoms with Gasteiger partial charge in [-0.1, -0.05) is 32.1 Å². The fourth-order valence-electron chi connectivity index (χ4n) is 1.41. The van der Waals surface area contributed by atoms with E-state index >= 15 is 0 Å². The third-order valence-corrected chi connectivity index (χ3v) is 4.46. The fourth-order valence-corrected chi connectivity index (χ4v) is 2.58. The molecule has 0 heterocycles. The number of allylic oxidation sites excluding steroid dienone is 5. The maximum atomic E-state index is 12.1. The summed E-state index contributed by atoms with van der Waals surface area (Å²) in [5.74, 6) is 0. The highest BCUT2D eigenvalue weighted by Crippen LogP contribution is 2.25. The van der Waals surface area contributed by atoms with Crippen LogP contribution in [0.1, 0.15) is 13.8 Å². The predicted molar refractivity (Wildman–Crippen MR) is 68.8 cm³/mol. The lowest BCUT2D eigenvalue weighted by Crippen LogP contribution is -2.30. The molecule has 0 saturated carbocycles. The zero-order valence-electron chi connectivity index (χ0n) is 10.4. The van der Waals surface area contributed by atoms with Gasteiger partial charge in [0.05, 0.1) is 11.5 Å². The summed E-state index contributed by atoms with van der Waals surface area (Å²) in [7, 11) is -2.04. The van der Waals surface area contributed by atoms with Crippen molar-refractivity contribution in [3.8, 4) is 0 Å². The van der Waals surface area contributed by atoms with Crippen molar-refractivity contribution in [2.24, 2.45) is 5.41 Å². The van der Waals surface area contributed by atoms with Gasteiger partial charge in [0.2, 0.25) is 10.0 Å². The normalized spacial score (nSPS) is 19.2. The Bertz CT molecular complexity index is 458. The van der Waals surface area contributed by atoms with E-state index in [0.717, 1.165) is 4.31 Å². The van der Waals surface area contributed by atoms with Crippen molar-refractivity contribution in [2.45, 2.75) is 13.8 Å². The Kier molecular flexibility index (Phi) is 4.30. The number of likely N-dealkylation sites (N-methyl/N-ethyl adjacent to an activating group) is 1. The summed E-state index contributed by atoms with van der Waals surface area (Å²) in [6, 6.07) is 0. The highest BCUT2D eigenvalue weighted by Gasteiger charge is 2.22. The van der Waals surface area contributed by atoms with Crippen LogP contribution < -0.4 is 0 Å². The van der Waals surface area contributed by atoms with Gasteiger partial charge >= 0.3 is 0 Å². The van der Waals surface area contributed by atoms with Crippen molar-refractivity contribution in [1.29, 1.82) is 0 Å². The average Bonchev–Trinajstić information content (AvgIpc) is 2.40. The first-order valence-electron chi connectivity index (χ1n) is 5.45. The van der Waals surface area contributed by atoms with Gasteiger partial charge in [-0.2, -0.15) is 4.31 Å². The first-order valence-corrected chi connectivity index (χ1v) is 6.89. The summed E-state index contributed by atoms with van der Waals surface area (Å²) in [5, 5.41) is 8.78. The number of nitrogens with zero attached hydrogens (tertiary/aromatic N) is 1. The molecular weight excluding hydrogens is 238 g/mol. The Balaban J connectivity index is 3.03. The van der Waals surface area contributed by atoms with Crippen molar-refractivity contribution in [1.82, 2.24) is 4.31 Å². The summed E-state index contributed by atoms with van der Waals surface area (Å²) in [4.78, 5) is 0.246. The van der Waals surface area contributed by atoms with Crippen molar-refractivity contribution in [3.63, 3.8) is 0 Å². The molecule has 0 saturated heterocycles. The third kappa shape index (κ3) is 3.52. The van der Waals surface area contributed by atoms with Crippen molar-refractivity contribution < 1.29 is 13.5 Å². The summed E-state index contributed by atoms with van der Waals surface area (Å²) >= 11 is 0. The van der Waals surface area contributed by atoms with E-state index in [4.69, 9.17) is 5.11 Å². The van der Waals surface area contributed by atoms with Crippen LogP contribution in [0, 0.1) is 5.41 Å². The first-order chi connectivity index (χ1) is 7.79. The predicted octanol–water partition coefficient (Wildman–Crippen LogP) is 1.28. The van der Waals surface area contributed by atoms with Gasteiger partial charge in [-0.05, 0) is 12.2 Å². The highest BCUT2D eigenvalue weighted by atomic mass is 32.2. The second-order valence-corrected chi connectivity index (χ2v) is 6.68. The van der Waals surface area contributed by atoms with Crippen molar-refractivity contribution in [3.05, 3.63) is 35.3 Å². The van der Waals surface area contributed by atoms with Gasteiger partial charge in [-0.3, -0.25) is 0 Å². The maximum Gasteiger partial charge on any atom is 0.242 e. The van der Waals surface area contributed by atoms with E-state index in [-0.39, 0.29) is 23.5 Å². The number of aliphatic hydroxyl groups excluding tert-OH is 1. The molecule has 0 spiro atoms. The highest BCUT2D eigenvalue weighted by molar-refractivity contribution is 7.93. The summed E-state index contributed by atoms with van der Waals surface area (Å²) in [5.41, 5.74) is -0.149. The van der Waals surface area contributed by atoms with Crippen LogP contribution in [-0.4, -0.2) is 38.0 Å². The van der Waals surface area contributed by atoms with E-state index in [9.17, 15) is 8.42 Å². The molecule has 0 aromatic carbocycles. The van der Waals surface area contributed by atoms with E-state index in [1.807, 2.05) is 26.0 Å². The van der Waals surface area contributed by atoms with Crippen LogP contribution >= 0.6 is 0 Å². The lowest BCUT2D eigenvalue weighted by atomic mass is 9.93. The van der Waals surface area contributed by atoms with Crippen LogP contribution in [0.3, 0.4) is 0 Å². The Morgan fingerprint density at radius 2 is 2.00 bits per heavy atom. The molecule has 1 aliphatic carbocycles. The molecule has 1 aliphatic rings. The molecule has 1 N–H and O–H groups in total. The molecule has 5 heteroatoms. The maximum absolute atomic E-state index is 12.1. The molecule has 0 atom stereocenters. The van der Waals surface area contributed by atoms with Gasteiger partial charge in [0.25, 0.3) is 0 Å². The standard InChI is InChI=1S/C12H19NO3S/c1-12(2)7-4-5-11(6-8-12)17(15,16)13(3)9-10-14/h4-8,14H,9-10H2,1-3H3. The van der Waals surface area contributed by atoms with Crippen molar-refractivity contribution >= 4 is 10.0 Å². The minimum Gasteiger partial charge on any atom is -0.395 e. The van der Waals surface area contributed by atoms with E-state index in [0.29, 0.717) is 0 Å². The minimum absolute atomic E-state index is 0.0978. The second-order valence-electron chi connectivity index (χ2n) is 4.63. The Labute approximate surface area is 103 Å². The lowest BCUT2D eigenvalue weighted by molar-refractivity contribution is 0.267. The van der Waals surface area contributed by atoms with Crippen molar-refractivity contribution in [2.75, 3.05) is 20.2 Å². The summed E-state index contributed by atoms with van der Waals surface area (Å²) in [6.07, 6.45) is 8.74. The zero-order valence-corrected chi connectivity index (χ0v) is 11.2. The molecular formula is C12H19NO3S. The SMILES string of the molecule is CN(CCO)S(=O)(=O)C1=CC=CC(C)(C)C=C1. The molecule has 96 valence electrons. The molecule has 0 aromatic rings. The van der Waals surface area contributed by atoms with E-state index < -0.39 is 10.0 Å². The Hall–Kier alpha value is -0.910. The number of aliphatic hydroxyl groups is 1. The van der Waals surface area contributed by atoms with Crippen LogP contribution in [0.4, 0.5) is 0 Å². The number of sulfonamides is 1. The zero-order chi connectivity index (χ0) is 13.1. The molecule has 1 rings (SSSR count). The topological polar surface area (TPSA) is 57.6 Å². The van der Waals surface area contributed by atoms with Crippen LogP contribution in [-0.2, 0) is 10.0 Å². The van der Waals surface area contributed by atoms with Gasteiger partial charge in [-0.15, -0.1) is 0 Å². The third-order valence-electron chi connectivity index (χ3n) is 2.59. The quantitative estimate of drug-likeness (QED) is 0.825. The smallest absolute Gasteiger partial charge is 0.242 e. The Morgan fingerprint density at radius 1 is 1.35 bits per heavy atom. The first kappa shape index (κ1) is 14.2. The lowest BCUT2D eigenvalue weighted by Gasteiger charge is -2.16. The van der Waals surface area contributed by atoms with Gasteiger partial charge in [-0.25, -0.2) is 8.42 Å². The molecule has 17 heavy (non-hydrogen) atoms.